The lowest BCUT2D eigenvalue weighted by Gasteiger charge is -2.11. The molecule has 0 bridgehead atoms. The van der Waals surface area contributed by atoms with Crippen LogP contribution < -0.4 is 14.2 Å². The Morgan fingerprint density at radius 3 is 2.76 bits per heavy atom. The standard InChI is InChI=1S/C13H13ClO3/c1-4-5-9-10(8(2)14)6-11(15-3)13-12(9)16-7-17-13/h4-6H,2,7H2,1,3H3/b5-4-. The molecule has 0 fully saturated rings. The Labute approximate surface area is 105 Å². The van der Waals surface area contributed by atoms with Gasteiger partial charge in [0.15, 0.2) is 11.5 Å². The number of rotatable bonds is 3. The molecule has 3 nitrogen and oxygen atoms in total. The summed E-state index contributed by atoms with van der Waals surface area (Å²) in [7, 11) is 1.58. The van der Waals surface area contributed by atoms with Crippen molar-refractivity contribution >= 4 is 22.7 Å². The Morgan fingerprint density at radius 1 is 1.47 bits per heavy atom. The molecule has 1 aromatic carbocycles. The molecule has 90 valence electrons. The first-order valence-electron chi connectivity index (χ1n) is 5.17. The lowest BCUT2D eigenvalue weighted by Crippen LogP contribution is -1.94. The number of hydrogen-bond acceptors (Lipinski definition) is 3. The molecule has 1 aromatic rings. The van der Waals surface area contributed by atoms with Gasteiger partial charge < -0.3 is 14.2 Å². The average Bonchev–Trinajstić information content (AvgIpc) is 2.78. The maximum absolute atomic E-state index is 5.99. The summed E-state index contributed by atoms with van der Waals surface area (Å²) < 4.78 is 16.1. The van der Waals surface area contributed by atoms with Crippen LogP contribution in [0, 0.1) is 0 Å². The van der Waals surface area contributed by atoms with Gasteiger partial charge in [-0.15, -0.1) is 0 Å². The van der Waals surface area contributed by atoms with E-state index in [2.05, 4.69) is 6.58 Å². The third kappa shape index (κ3) is 1.98. The van der Waals surface area contributed by atoms with Crippen molar-refractivity contribution < 1.29 is 14.2 Å². The van der Waals surface area contributed by atoms with Crippen LogP contribution in [0.1, 0.15) is 18.1 Å². The van der Waals surface area contributed by atoms with E-state index in [4.69, 9.17) is 25.8 Å². The summed E-state index contributed by atoms with van der Waals surface area (Å²) in [4.78, 5) is 0. The van der Waals surface area contributed by atoms with Crippen molar-refractivity contribution in [2.75, 3.05) is 13.9 Å². The summed E-state index contributed by atoms with van der Waals surface area (Å²) in [6.07, 6.45) is 3.82. The number of ether oxygens (including phenoxy) is 3. The Balaban J connectivity index is 2.71. The van der Waals surface area contributed by atoms with Gasteiger partial charge in [-0.1, -0.05) is 30.3 Å². The van der Waals surface area contributed by atoms with Crippen LogP contribution in [0.3, 0.4) is 0 Å². The van der Waals surface area contributed by atoms with Crippen molar-refractivity contribution in [3.63, 3.8) is 0 Å². The third-order valence-electron chi connectivity index (χ3n) is 2.49. The molecule has 4 heteroatoms. The van der Waals surface area contributed by atoms with Crippen LogP contribution in [0.25, 0.3) is 11.1 Å². The molecule has 17 heavy (non-hydrogen) atoms. The fraction of sp³-hybridized carbons (Fsp3) is 0.231. The number of methoxy groups -OCH3 is 1. The molecule has 0 saturated carbocycles. The highest BCUT2D eigenvalue weighted by Crippen LogP contribution is 2.47. The minimum absolute atomic E-state index is 0.189. The molecule has 1 aliphatic heterocycles. The lowest BCUT2D eigenvalue weighted by atomic mass is 10.0. The second-order valence-electron chi connectivity index (χ2n) is 3.51. The molecule has 0 aromatic heterocycles. The van der Waals surface area contributed by atoms with Gasteiger partial charge in [0.05, 0.1) is 7.11 Å². The predicted molar refractivity (Wildman–Crippen MR) is 68.7 cm³/mol. The second-order valence-corrected chi connectivity index (χ2v) is 3.97. The van der Waals surface area contributed by atoms with E-state index in [9.17, 15) is 0 Å². The van der Waals surface area contributed by atoms with Gasteiger partial charge in [-0.3, -0.25) is 0 Å². The maximum Gasteiger partial charge on any atom is 0.231 e. The van der Waals surface area contributed by atoms with E-state index in [1.54, 1.807) is 13.2 Å². The Hall–Kier alpha value is -1.61. The fourth-order valence-electron chi connectivity index (χ4n) is 1.77. The summed E-state index contributed by atoms with van der Waals surface area (Å²) >= 11 is 5.99. The smallest absolute Gasteiger partial charge is 0.231 e. The average molecular weight is 253 g/mol. The lowest BCUT2D eigenvalue weighted by molar-refractivity contribution is 0.171. The molecular formula is C13H13ClO3. The quantitative estimate of drug-likeness (QED) is 0.822. The van der Waals surface area contributed by atoms with E-state index in [0.29, 0.717) is 22.3 Å². The zero-order chi connectivity index (χ0) is 12.4. The van der Waals surface area contributed by atoms with Crippen molar-refractivity contribution in [1.82, 2.24) is 0 Å². The molecule has 0 radical (unpaired) electrons. The van der Waals surface area contributed by atoms with E-state index in [1.807, 2.05) is 19.1 Å². The Morgan fingerprint density at radius 2 is 2.18 bits per heavy atom. The molecule has 2 rings (SSSR count). The van der Waals surface area contributed by atoms with Gasteiger partial charge >= 0.3 is 0 Å². The largest absolute Gasteiger partial charge is 0.493 e. The zero-order valence-corrected chi connectivity index (χ0v) is 10.5. The molecule has 1 aliphatic rings. The van der Waals surface area contributed by atoms with E-state index in [-0.39, 0.29) is 6.79 Å². The van der Waals surface area contributed by atoms with Gasteiger partial charge in [-0.2, -0.15) is 0 Å². The van der Waals surface area contributed by atoms with Gasteiger partial charge in [-0.25, -0.2) is 0 Å². The van der Waals surface area contributed by atoms with E-state index in [1.165, 1.54) is 0 Å². The molecule has 0 N–H and O–H groups in total. The van der Waals surface area contributed by atoms with Crippen LogP contribution >= 0.6 is 11.6 Å². The molecule has 0 spiro atoms. The van der Waals surface area contributed by atoms with Crippen molar-refractivity contribution in [1.29, 1.82) is 0 Å². The van der Waals surface area contributed by atoms with Gasteiger partial charge in [0.25, 0.3) is 0 Å². The first-order valence-corrected chi connectivity index (χ1v) is 5.55. The highest BCUT2D eigenvalue weighted by Gasteiger charge is 2.25. The second kappa shape index (κ2) is 4.72. The van der Waals surface area contributed by atoms with Crippen LogP contribution in [0.15, 0.2) is 18.7 Å². The normalized spacial score (nSPS) is 13.1. The Kier molecular flexibility index (Phi) is 3.29. The molecule has 1 heterocycles. The number of hydrogen-bond donors (Lipinski definition) is 0. The summed E-state index contributed by atoms with van der Waals surface area (Å²) in [5.74, 6) is 1.86. The van der Waals surface area contributed by atoms with Crippen LogP contribution in [-0.4, -0.2) is 13.9 Å². The van der Waals surface area contributed by atoms with Crippen LogP contribution in [0.4, 0.5) is 0 Å². The summed E-state index contributed by atoms with van der Waals surface area (Å²) in [5.41, 5.74) is 1.65. The predicted octanol–water partition coefficient (Wildman–Crippen LogP) is 3.67. The summed E-state index contributed by atoms with van der Waals surface area (Å²) in [6.45, 7) is 5.86. The first-order chi connectivity index (χ1) is 8.19. The van der Waals surface area contributed by atoms with Crippen LogP contribution in [-0.2, 0) is 0 Å². The van der Waals surface area contributed by atoms with Gasteiger partial charge in [0.2, 0.25) is 12.5 Å². The minimum atomic E-state index is 0.189. The van der Waals surface area contributed by atoms with Crippen LogP contribution in [0.2, 0.25) is 0 Å². The number of fused-ring (bicyclic) bond motifs is 1. The summed E-state index contributed by atoms with van der Waals surface area (Å²) in [5, 5.41) is 0.440. The van der Waals surface area contributed by atoms with Crippen LogP contribution in [0.5, 0.6) is 17.2 Å². The summed E-state index contributed by atoms with van der Waals surface area (Å²) in [6, 6.07) is 1.80. The monoisotopic (exact) mass is 252 g/mol. The van der Waals surface area contributed by atoms with E-state index >= 15 is 0 Å². The van der Waals surface area contributed by atoms with Crippen molar-refractivity contribution in [2.24, 2.45) is 0 Å². The number of halogens is 1. The highest BCUT2D eigenvalue weighted by atomic mass is 35.5. The highest BCUT2D eigenvalue weighted by molar-refractivity contribution is 6.48. The molecule has 0 saturated heterocycles. The van der Waals surface area contributed by atoms with E-state index in [0.717, 1.165) is 11.1 Å². The fourth-order valence-corrected chi connectivity index (χ4v) is 1.92. The third-order valence-corrected chi connectivity index (χ3v) is 2.70. The minimum Gasteiger partial charge on any atom is -0.493 e. The first kappa shape index (κ1) is 11.9. The Bertz CT molecular complexity index is 492. The molecule has 0 amide bonds. The maximum atomic E-state index is 5.99. The van der Waals surface area contributed by atoms with Crippen molar-refractivity contribution in [3.05, 3.63) is 29.8 Å². The molecule has 0 unspecified atom stereocenters. The van der Waals surface area contributed by atoms with Gasteiger partial charge in [-0.05, 0) is 13.0 Å². The molecule has 0 atom stereocenters. The molecular weight excluding hydrogens is 240 g/mol. The number of allylic oxidation sites excluding steroid dienone is 1. The van der Waals surface area contributed by atoms with Crippen molar-refractivity contribution in [3.8, 4) is 17.2 Å². The van der Waals surface area contributed by atoms with Crippen molar-refractivity contribution in [2.45, 2.75) is 6.92 Å². The van der Waals surface area contributed by atoms with Gasteiger partial charge in [0, 0.05) is 16.2 Å². The van der Waals surface area contributed by atoms with Gasteiger partial charge in [0.1, 0.15) is 0 Å². The zero-order valence-electron chi connectivity index (χ0n) is 9.75. The SMILES string of the molecule is C=C(Cl)c1cc(OC)c2c(c1/C=C\C)OCO2. The topological polar surface area (TPSA) is 27.7 Å². The van der Waals surface area contributed by atoms with E-state index < -0.39 is 0 Å². The molecule has 0 aliphatic carbocycles. The number of benzene rings is 1.